The Kier molecular flexibility index (Phi) is 14.7. The molecular formula is C21H40N8O7. The second kappa shape index (κ2) is 16.3. The van der Waals surface area contributed by atoms with Crippen LogP contribution in [0.3, 0.4) is 0 Å². The SMILES string of the molecule is CC(C)CC(N)C(=O)NC(C(=O)NC(CCC(N)=O)C(=O)NC(CCCN=C(N)N)C(=O)O)C(C)O. The molecule has 4 amide bonds. The fourth-order valence-electron chi connectivity index (χ4n) is 3.13. The standard InChI is InChI=1S/C21H40N8O7/c1-10(2)9-12(22)17(32)29-16(11(3)30)19(34)27-13(6-7-15(23)31)18(33)28-14(20(35)36)5-4-8-26-21(24)25/h10-14,16,30H,4-9,22H2,1-3H3,(H2,23,31)(H,27,34)(H,28,33)(H,29,32)(H,35,36)(H4,24,25,26). The van der Waals surface area contributed by atoms with Gasteiger partial charge in [-0.1, -0.05) is 13.8 Å². The molecule has 0 spiro atoms. The molecule has 0 rings (SSSR count). The van der Waals surface area contributed by atoms with Gasteiger partial charge in [-0.15, -0.1) is 0 Å². The number of aliphatic hydroxyl groups is 1. The van der Waals surface area contributed by atoms with E-state index in [1.807, 2.05) is 13.8 Å². The first-order chi connectivity index (χ1) is 16.6. The molecule has 0 aromatic heterocycles. The van der Waals surface area contributed by atoms with Gasteiger partial charge in [0.25, 0.3) is 0 Å². The molecule has 5 unspecified atom stereocenters. The summed E-state index contributed by atoms with van der Waals surface area (Å²) < 4.78 is 0. The first-order valence-corrected chi connectivity index (χ1v) is 11.6. The fourth-order valence-corrected chi connectivity index (χ4v) is 3.13. The highest BCUT2D eigenvalue weighted by molar-refractivity contribution is 5.94. The molecule has 0 aromatic carbocycles. The lowest BCUT2D eigenvalue weighted by molar-refractivity contribution is -0.142. The lowest BCUT2D eigenvalue weighted by Crippen LogP contribution is -2.59. The highest BCUT2D eigenvalue weighted by Gasteiger charge is 2.32. The number of guanidine groups is 1. The third kappa shape index (κ3) is 13.4. The van der Waals surface area contributed by atoms with E-state index in [4.69, 9.17) is 22.9 Å². The monoisotopic (exact) mass is 516 g/mol. The van der Waals surface area contributed by atoms with Gasteiger partial charge >= 0.3 is 5.97 Å². The van der Waals surface area contributed by atoms with Gasteiger partial charge in [0, 0.05) is 13.0 Å². The van der Waals surface area contributed by atoms with Crippen molar-refractivity contribution in [1.82, 2.24) is 16.0 Å². The van der Waals surface area contributed by atoms with Crippen molar-refractivity contribution in [3.05, 3.63) is 0 Å². The number of nitrogens with one attached hydrogen (secondary N) is 3. The van der Waals surface area contributed by atoms with Crippen molar-refractivity contribution >= 4 is 35.6 Å². The number of carbonyl (C=O) groups is 5. The zero-order chi connectivity index (χ0) is 28.0. The van der Waals surface area contributed by atoms with Crippen molar-refractivity contribution in [3.63, 3.8) is 0 Å². The molecular weight excluding hydrogens is 476 g/mol. The van der Waals surface area contributed by atoms with Gasteiger partial charge in [0.15, 0.2) is 5.96 Å². The van der Waals surface area contributed by atoms with Gasteiger partial charge in [0.2, 0.25) is 23.6 Å². The Labute approximate surface area is 209 Å². The van der Waals surface area contributed by atoms with Crippen molar-refractivity contribution in [1.29, 1.82) is 0 Å². The van der Waals surface area contributed by atoms with E-state index in [9.17, 15) is 34.2 Å². The van der Waals surface area contributed by atoms with Crippen molar-refractivity contribution in [2.45, 2.75) is 83.1 Å². The molecule has 5 atom stereocenters. The highest BCUT2D eigenvalue weighted by Crippen LogP contribution is 2.06. The van der Waals surface area contributed by atoms with Crippen LogP contribution in [-0.4, -0.2) is 82.6 Å². The molecule has 0 fully saturated rings. The summed E-state index contributed by atoms with van der Waals surface area (Å²) in [6.45, 7) is 5.12. The average molecular weight is 517 g/mol. The van der Waals surface area contributed by atoms with Crippen LogP contribution in [0.1, 0.15) is 52.9 Å². The van der Waals surface area contributed by atoms with E-state index in [-0.39, 0.29) is 44.1 Å². The number of hydrogen-bond acceptors (Lipinski definition) is 8. The third-order valence-electron chi connectivity index (χ3n) is 5.00. The Morgan fingerprint density at radius 2 is 1.44 bits per heavy atom. The van der Waals surface area contributed by atoms with Gasteiger partial charge in [-0.2, -0.15) is 0 Å². The second-order valence-electron chi connectivity index (χ2n) is 8.88. The number of amides is 4. The number of hydrogen-bond donors (Lipinski definition) is 9. The molecule has 0 bridgehead atoms. The molecule has 15 heteroatoms. The maximum absolute atomic E-state index is 12.8. The maximum Gasteiger partial charge on any atom is 0.326 e. The smallest absolute Gasteiger partial charge is 0.326 e. The lowest BCUT2D eigenvalue weighted by Gasteiger charge is -2.26. The van der Waals surface area contributed by atoms with E-state index in [0.29, 0.717) is 6.42 Å². The van der Waals surface area contributed by atoms with Crippen LogP contribution in [0.2, 0.25) is 0 Å². The van der Waals surface area contributed by atoms with Crippen molar-refractivity contribution in [3.8, 4) is 0 Å². The Hall–Kier alpha value is -3.46. The van der Waals surface area contributed by atoms with Gasteiger partial charge in [0.1, 0.15) is 18.1 Å². The number of aliphatic hydroxyl groups excluding tert-OH is 1. The summed E-state index contributed by atoms with van der Waals surface area (Å²) >= 11 is 0. The molecule has 206 valence electrons. The molecule has 15 nitrogen and oxygen atoms in total. The van der Waals surface area contributed by atoms with E-state index >= 15 is 0 Å². The minimum absolute atomic E-state index is 0.0194. The van der Waals surface area contributed by atoms with Gasteiger partial charge < -0.3 is 49.1 Å². The van der Waals surface area contributed by atoms with Gasteiger partial charge in [-0.25, -0.2) is 4.79 Å². The van der Waals surface area contributed by atoms with Crippen LogP contribution in [0.4, 0.5) is 0 Å². The first kappa shape index (κ1) is 32.5. The van der Waals surface area contributed by atoms with Gasteiger partial charge in [-0.3, -0.25) is 24.2 Å². The van der Waals surface area contributed by atoms with Crippen molar-refractivity contribution < 1.29 is 34.2 Å². The average Bonchev–Trinajstić information content (AvgIpc) is 2.75. The van der Waals surface area contributed by atoms with Gasteiger partial charge in [-0.05, 0) is 38.5 Å². The van der Waals surface area contributed by atoms with E-state index in [0.717, 1.165) is 0 Å². The van der Waals surface area contributed by atoms with Crippen LogP contribution in [0.5, 0.6) is 0 Å². The van der Waals surface area contributed by atoms with Crippen LogP contribution in [0.25, 0.3) is 0 Å². The van der Waals surface area contributed by atoms with Crippen LogP contribution in [-0.2, 0) is 24.0 Å². The Morgan fingerprint density at radius 1 is 0.861 bits per heavy atom. The second-order valence-corrected chi connectivity index (χ2v) is 8.88. The minimum atomic E-state index is -1.46. The molecule has 0 aliphatic carbocycles. The Morgan fingerprint density at radius 3 is 1.92 bits per heavy atom. The van der Waals surface area contributed by atoms with Crippen LogP contribution >= 0.6 is 0 Å². The number of primary amides is 1. The summed E-state index contributed by atoms with van der Waals surface area (Å²) in [5, 5.41) is 26.5. The molecule has 0 saturated carbocycles. The molecule has 0 aliphatic rings. The Balaban J connectivity index is 5.47. The number of carboxylic acid groups (broad SMARTS) is 1. The third-order valence-corrected chi connectivity index (χ3v) is 5.00. The van der Waals surface area contributed by atoms with Crippen molar-refractivity contribution in [2.75, 3.05) is 6.54 Å². The van der Waals surface area contributed by atoms with E-state index < -0.39 is 59.9 Å². The van der Waals surface area contributed by atoms with Gasteiger partial charge in [0.05, 0.1) is 12.1 Å². The number of aliphatic carboxylic acids is 1. The first-order valence-electron chi connectivity index (χ1n) is 11.6. The van der Waals surface area contributed by atoms with E-state index in [1.165, 1.54) is 6.92 Å². The number of rotatable bonds is 17. The summed E-state index contributed by atoms with van der Waals surface area (Å²) in [4.78, 5) is 64.6. The Bertz CT molecular complexity index is 799. The highest BCUT2D eigenvalue weighted by atomic mass is 16.4. The predicted molar refractivity (Wildman–Crippen MR) is 131 cm³/mol. The molecule has 0 saturated heterocycles. The number of carboxylic acids is 1. The van der Waals surface area contributed by atoms with E-state index in [2.05, 4.69) is 20.9 Å². The zero-order valence-electron chi connectivity index (χ0n) is 20.9. The quantitative estimate of drug-likeness (QED) is 0.0524. The number of aliphatic imine (C=N–C) groups is 1. The molecule has 0 aliphatic heterocycles. The largest absolute Gasteiger partial charge is 0.480 e. The topological polar surface area (TPSA) is 278 Å². The van der Waals surface area contributed by atoms with Crippen LogP contribution in [0.15, 0.2) is 4.99 Å². The summed E-state index contributed by atoms with van der Waals surface area (Å²) in [6.07, 6.45) is -1.35. The van der Waals surface area contributed by atoms with Crippen LogP contribution < -0.4 is 38.9 Å². The zero-order valence-corrected chi connectivity index (χ0v) is 20.9. The normalized spacial score (nSPS) is 15.1. The summed E-state index contributed by atoms with van der Waals surface area (Å²) in [7, 11) is 0. The number of nitrogens with two attached hydrogens (primary N) is 4. The molecule has 0 radical (unpaired) electrons. The van der Waals surface area contributed by atoms with E-state index in [1.54, 1.807) is 0 Å². The molecule has 36 heavy (non-hydrogen) atoms. The number of carbonyl (C=O) groups excluding carboxylic acids is 4. The summed E-state index contributed by atoms with van der Waals surface area (Å²) in [5.41, 5.74) is 21.4. The fraction of sp³-hybridized carbons (Fsp3) is 0.714. The molecule has 0 heterocycles. The predicted octanol–water partition coefficient (Wildman–Crippen LogP) is -3.40. The summed E-state index contributed by atoms with van der Waals surface area (Å²) in [6, 6.07) is -5.11. The maximum atomic E-state index is 12.8. The molecule has 0 aromatic rings. The van der Waals surface area contributed by atoms with Crippen LogP contribution in [0, 0.1) is 5.92 Å². The van der Waals surface area contributed by atoms with Crippen molar-refractivity contribution in [2.24, 2.45) is 33.8 Å². The lowest BCUT2D eigenvalue weighted by atomic mass is 10.0. The molecule has 13 N–H and O–H groups in total. The number of nitrogens with zero attached hydrogens (tertiary/aromatic N) is 1. The minimum Gasteiger partial charge on any atom is -0.480 e. The summed E-state index contributed by atoms with van der Waals surface area (Å²) in [5.74, 6) is -4.64.